The van der Waals surface area contributed by atoms with E-state index in [9.17, 15) is 5.26 Å². The molecular formula is C53H34N4O. The summed E-state index contributed by atoms with van der Waals surface area (Å²) >= 11 is 0. The molecular weight excluding hydrogens is 709 g/mol. The highest BCUT2D eigenvalue weighted by Crippen LogP contribution is 2.55. The summed E-state index contributed by atoms with van der Waals surface area (Å²) in [5.41, 5.74) is 11.4. The molecule has 0 spiro atoms. The molecule has 5 nitrogen and oxygen atoms in total. The number of benzene rings is 8. The number of fused-ring (bicyclic) bond motifs is 2. The molecule has 0 fully saturated rings. The molecule has 1 aliphatic heterocycles. The SMILES string of the molecule is N#Cc1ccc(-c2nc(-c3ccc(-c4ccc5c(c4)Oc4ccccc4C5(c4ccccc4)c4ccccc4)cc3)nc(-c3cccc(-c4ccccc4)c3)n2)cc1. The predicted octanol–water partition coefficient (Wildman–Crippen LogP) is 12.6. The van der Waals surface area contributed by atoms with Crippen molar-refractivity contribution in [3.05, 3.63) is 234 Å². The van der Waals surface area contributed by atoms with E-state index in [0.717, 1.165) is 61.6 Å². The molecule has 0 bridgehead atoms. The maximum atomic E-state index is 9.43. The van der Waals surface area contributed by atoms with Crippen molar-refractivity contribution in [2.75, 3.05) is 0 Å². The van der Waals surface area contributed by atoms with Crippen molar-refractivity contribution >= 4 is 0 Å². The maximum Gasteiger partial charge on any atom is 0.164 e. The highest BCUT2D eigenvalue weighted by molar-refractivity contribution is 5.76. The molecule has 0 radical (unpaired) electrons. The van der Waals surface area contributed by atoms with Gasteiger partial charge in [-0.05, 0) is 75.8 Å². The van der Waals surface area contributed by atoms with E-state index < -0.39 is 5.41 Å². The van der Waals surface area contributed by atoms with Crippen LogP contribution < -0.4 is 4.74 Å². The lowest BCUT2D eigenvalue weighted by atomic mass is 9.63. The zero-order valence-corrected chi connectivity index (χ0v) is 31.3. The van der Waals surface area contributed by atoms with Gasteiger partial charge in [-0.15, -0.1) is 0 Å². The van der Waals surface area contributed by atoms with Crippen molar-refractivity contribution in [3.63, 3.8) is 0 Å². The summed E-state index contributed by atoms with van der Waals surface area (Å²) in [4.78, 5) is 14.9. The molecule has 0 unspecified atom stereocenters. The van der Waals surface area contributed by atoms with Gasteiger partial charge in [0, 0.05) is 27.8 Å². The smallest absolute Gasteiger partial charge is 0.164 e. The third-order valence-corrected chi connectivity index (χ3v) is 10.9. The van der Waals surface area contributed by atoms with Crippen molar-refractivity contribution < 1.29 is 4.74 Å². The van der Waals surface area contributed by atoms with Crippen LogP contribution in [0.3, 0.4) is 0 Å². The summed E-state index contributed by atoms with van der Waals surface area (Å²) in [7, 11) is 0. The number of hydrogen-bond acceptors (Lipinski definition) is 5. The Kier molecular flexibility index (Phi) is 8.70. The molecule has 0 N–H and O–H groups in total. The topological polar surface area (TPSA) is 71.7 Å². The van der Waals surface area contributed by atoms with E-state index in [0.29, 0.717) is 23.0 Å². The Morgan fingerprint density at radius 3 is 1.45 bits per heavy atom. The Bertz CT molecular complexity index is 2920. The summed E-state index contributed by atoms with van der Waals surface area (Å²) in [6.45, 7) is 0. The molecule has 0 amide bonds. The van der Waals surface area contributed by atoms with E-state index in [4.69, 9.17) is 19.7 Å². The Morgan fingerprint density at radius 2 is 0.810 bits per heavy atom. The molecule has 0 aliphatic carbocycles. The van der Waals surface area contributed by atoms with Gasteiger partial charge in [0.15, 0.2) is 17.5 Å². The maximum absolute atomic E-state index is 9.43. The van der Waals surface area contributed by atoms with Gasteiger partial charge in [-0.1, -0.05) is 164 Å². The zero-order valence-electron chi connectivity index (χ0n) is 31.3. The Balaban J connectivity index is 1.06. The minimum atomic E-state index is -0.571. The summed E-state index contributed by atoms with van der Waals surface area (Å²) < 4.78 is 6.75. The minimum Gasteiger partial charge on any atom is -0.457 e. The normalized spacial score (nSPS) is 12.4. The van der Waals surface area contributed by atoms with Crippen LogP contribution in [0.15, 0.2) is 206 Å². The molecule has 0 atom stereocenters. The van der Waals surface area contributed by atoms with Crippen molar-refractivity contribution in [3.8, 4) is 74.0 Å². The summed E-state index contributed by atoms with van der Waals surface area (Å²) in [6, 6.07) is 72.8. The highest BCUT2D eigenvalue weighted by atomic mass is 16.5. The first kappa shape index (κ1) is 34.5. The second kappa shape index (κ2) is 14.6. The van der Waals surface area contributed by atoms with Crippen LogP contribution in [0, 0.1) is 11.3 Å². The highest BCUT2D eigenvalue weighted by Gasteiger charge is 2.45. The van der Waals surface area contributed by atoms with Gasteiger partial charge in [-0.3, -0.25) is 0 Å². The largest absolute Gasteiger partial charge is 0.457 e. The van der Waals surface area contributed by atoms with E-state index in [1.807, 2.05) is 48.5 Å². The monoisotopic (exact) mass is 742 g/mol. The van der Waals surface area contributed by atoms with Crippen LogP contribution in [0.25, 0.3) is 56.4 Å². The van der Waals surface area contributed by atoms with Gasteiger partial charge in [0.25, 0.3) is 0 Å². The number of hydrogen-bond donors (Lipinski definition) is 0. The van der Waals surface area contributed by atoms with E-state index in [-0.39, 0.29) is 0 Å². The number of rotatable bonds is 7. The Morgan fingerprint density at radius 1 is 0.362 bits per heavy atom. The lowest BCUT2D eigenvalue weighted by Crippen LogP contribution is -2.34. The third-order valence-electron chi connectivity index (χ3n) is 10.9. The first-order valence-corrected chi connectivity index (χ1v) is 19.2. The van der Waals surface area contributed by atoms with E-state index in [1.54, 1.807) is 12.1 Å². The average Bonchev–Trinajstić information content (AvgIpc) is 3.31. The second-order valence-electron chi connectivity index (χ2n) is 14.3. The summed E-state index contributed by atoms with van der Waals surface area (Å²) in [5, 5.41) is 9.43. The zero-order chi connectivity index (χ0) is 38.9. The van der Waals surface area contributed by atoms with Crippen LogP contribution in [-0.4, -0.2) is 15.0 Å². The molecule has 8 aromatic carbocycles. The van der Waals surface area contributed by atoms with E-state index in [1.165, 1.54) is 11.1 Å². The minimum absolute atomic E-state index is 0.533. The number of para-hydroxylation sites is 1. The number of nitriles is 1. The van der Waals surface area contributed by atoms with Gasteiger partial charge < -0.3 is 4.74 Å². The quantitative estimate of drug-likeness (QED) is 0.163. The number of aromatic nitrogens is 3. The van der Waals surface area contributed by atoms with Gasteiger partial charge in [0.05, 0.1) is 17.0 Å². The standard InChI is InChI=1S/C53H34N4O/c54-35-36-23-25-39(26-24-36)50-55-51(57-52(56-50)43-16-12-15-41(33-43)37-13-4-1-5-14-37)40-29-27-38(28-30-40)42-31-32-47-49(34-42)58-48-22-11-10-21-46(48)53(47,44-17-6-2-7-18-44)45-19-8-3-9-20-45/h1-34H. The fourth-order valence-electron chi connectivity index (χ4n) is 8.13. The van der Waals surface area contributed by atoms with E-state index in [2.05, 4.69) is 152 Å². The fourth-order valence-corrected chi connectivity index (χ4v) is 8.13. The van der Waals surface area contributed by atoms with Gasteiger partial charge in [0.2, 0.25) is 0 Å². The number of ether oxygens (including phenoxy) is 1. The van der Waals surface area contributed by atoms with Crippen molar-refractivity contribution in [2.45, 2.75) is 5.41 Å². The van der Waals surface area contributed by atoms with Crippen LogP contribution in [0.5, 0.6) is 11.5 Å². The average molecular weight is 743 g/mol. The number of nitrogens with zero attached hydrogens (tertiary/aromatic N) is 4. The summed E-state index contributed by atoms with van der Waals surface area (Å²) in [5.74, 6) is 3.32. The van der Waals surface area contributed by atoms with Crippen LogP contribution in [0.2, 0.25) is 0 Å². The predicted molar refractivity (Wildman–Crippen MR) is 230 cm³/mol. The molecule has 0 saturated heterocycles. The van der Waals surface area contributed by atoms with Gasteiger partial charge in [0.1, 0.15) is 11.5 Å². The molecule has 1 aromatic heterocycles. The van der Waals surface area contributed by atoms with Crippen molar-refractivity contribution in [2.24, 2.45) is 0 Å². The Labute approximate surface area is 337 Å². The van der Waals surface area contributed by atoms with Crippen LogP contribution >= 0.6 is 0 Å². The lowest BCUT2D eigenvalue weighted by Gasteiger charge is -2.41. The third kappa shape index (κ3) is 6.10. The Hall–Kier alpha value is -7.94. The molecule has 2 heterocycles. The summed E-state index contributed by atoms with van der Waals surface area (Å²) in [6.07, 6.45) is 0. The molecule has 58 heavy (non-hydrogen) atoms. The van der Waals surface area contributed by atoms with Crippen molar-refractivity contribution in [1.29, 1.82) is 5.26 Å². The molecule has 5 heteroatoms. The van der Waals surface area contributed by atoms with Gasteiger partial charge >= 0.3 is 0 Å². The lowest BCUT2D eigenvalue weighted by molar-refractivity contribution is 0.435. The van der Waals surface area contributed by atoms with Crippen LogP contribution in [0.1, 0.15) is 27.8 Å². The molecule has 0 saturated carbocycles. The van der Waals surface area contributed by atoms with Crippen LogP contribution in [0.4, 0.5) is 0 Å². The van der Waals surface area contributed by atoms with Crippen molar-refractivity contribution in [1.82, 2.24) is 15.0 Å². The first-order valence-electron chi connectivity index (χ1n) is 19.2. The van der Waals surface area contributed by atoms with Crippen LogP contribution in [-0.2, 0) is 5.41 Å². The first-order chi connectivity index (χ1) is 28.7. The molecule has 10 rings (SSSR count). The van der Waals surface area contributed by atoms with E-state index >= 15 is 0 Å². The second-order valence-corrected chi connectivity index (χ2v) is 14.3. The van der Waals surface area contributed by atoms with Gasteiger partial charge in [-0.25, -0.2) is 15.0 Å². The molecule has 9 aromatic rings. The molecule has 272 valence electrons. The fraction of sp³-hybridized carbons (Fsp3) is 0.0189. The van der Waals surface area contributed by atoms with Gasteiger partial charge in [-0.2, -0.15) is 5.26 Å². The molecule has 1 aliphatic rings.